The van der Waals surface area contributed by atoms with Crippen molar-refractivity contribution in [3.05, 3.63) is 35.9 Å². The Morgan fingerprint density at radius 2 is 1.48 bits per heavy atom. The zero-order chi connectivity index (χ0) is 17.3. The van der Waals surface area contributed by atoms with E-state index in [1.807, 2.05) is 26.8 Å². The molecule has 23 heavy (non-hydrogen) atoms. The van der Waals surface area contributed by atoms with Crippen LogP contribution < -0.4 is 16.0 Å². The van der Waals surface area contributed by atoms with Gasteiger partial charge in [0.25, 0.3) is 5.91 Å². The zero-order valence-corrected chi connectivity index (χ0v) is 13.9. The second kappa shape index (κ2) is 8.92. The molecule has 0 aliphatic rings. The Labute approximate surface area is 137 Å². The van der Waals surface area contributed by atoms with Gasteiger partial charge in [-0.15, -0.1) is 0 Å². The standard InChI is InChI=1S/C17H25N3O3/c1-17(2,3)16(23)20-10-9-14(21)18-11-12-19-15(22)13-7-5-4-6-8-13/h4-8H,9-12H2,1-3H3,(H,18,21)(H,19,22)(H,20,23). The number of hydrogen-bond acceptors (Lipinski definition) is 3. The first kappa shape index (κ1) is 18.7. The van der Waals surface area contributed by atoms with Crippen molar-refractivity contribution in [1.29, 1.82) is 0 Å². The fraction of sp³-hybridized carbons (Fsp3) is 0.471. The van der Waals surface area contributed by atoms with Crippen LogP contribution >= 0.6 is 0 Å². The molecule has 3 N–H and O–H groups in total. The highest BCUT2D eigenvalue weighted by atomic mass is 16.2. The van der Waals surface area contributed by atoms with Crippen molar-refractivity contribution >= 4 is 17.7 Å². The molecule has 0 bridgehead atoms. The first-order chi connectivity index (χ1) is 10.8. The minimum atomic E-state index is -0.460. The normalized spacial score (nSPS) is 10.7. The molecule has 0 atom stereocenters. The molecule has 3 amide bonds. The Balaban J connectivity index is 2.13. The molecular weight excluding hydrogens is 294 g/mol. The predicted octanol–water partition coefficient (Wildman–Crippen LogP) is 1.09. The molecule has 0 fully saturated rings. The van der Waals surface area contributed by atoms with Gasteiger partial charge in [0.2, 0.25) is 11.8 Å². The molecule has 0 unspecified atom stereocenters. The summed E-state index contributed by atoms with van der Waals surface area (Å²) in [5.74, 6) is -0.411. The first-order valence-electron chi connectivity index (χ1n) is 7.69. The van der Waals surface area contributed by atoms with Crippen molar-refractivity contribution < 1.29 is 14.4 Å². The Morgan fingerprint density at radius 3 is 2.09 bits per heavy atom. The van der Waals surface area contributed by atoms with E-state index in [1.54, 1.807) is 24.3 Å². The van der Waals surface area contributed by atoms with Crippen LogP contribution in [0.1, 0.15) is 37.6 Å². The SMILES string of the molecule is CC(C)(C)C(=O)NCCC(=O)NCCNC(=O)c1ccccc1. The van der Waals surface area contributed by atoms with Crippen molar-refractivity contribution in [3.8, 4) is 0 Å². The molecule has 0 heterocycles. The quantitative estimate of drug-likeness (QED) is 0.657. The second-order valence-corrected chi connectivity index (χ2v) is 6.23. The fourth-order valence-corrected chi connectivity index (χ4v) is 1.71. The Morgan fingerprint density at radius 1 is 0.870 bits per heavy atom. The summed E-state index contributed by atoms with van der Waals surface area (Å²) in [4.78, 5) is 35.0. The molecule has 6 nitrogen and oxygen atoms in total. The van der Waals surface area contributed by atoms with E-state index < -0.39 is 5.41 Å². The molecule has 0 aliphatic carbocycles. The van der Waals surface area contributed by atoms with Crippen molar-refractivity contribution in [2.24, 2.45) is 5.41 Å². The number of amides is 3. The van der Waals surface area contributed by atoms with E-state index >= 15 is 0 Å². The van der Waals surface area contributed by atoms with Gasteiger partial charge in [-0.1, -0.05) is 39.0 Å². The van der Waals surface area contributed by atoms with Crippen LogP contribution in [0.25, 0.3) is 0 Å². The molecule has 0 aromatic heterocycles. The third-order valence-corrected chi connectivity index (χ3v) is 3.09. The zero-order valence-electron chi connectivity index (χ0n) is 13.9. The Bertz CT molecular complexity index is 536. The topological polar surface area (TPSA) is 87.3 Å². The van der Waals surface area contributed by atoms with E-state index in [-0.39, 0.29) is 24.1 Å². The molecule has 6 heteroatoms. The van der Waals surface area contributed by atoms with Crippen LogP contribution in [0.3, 0.4) is 0 Å². The lowest BCUT2D eigenvalue weighted by Gasteiger charge is -2.17. The third kappa shape index (κ3) is 7.44. The molecule has 0 radical (unpaired) electrons. The monoisotopic (exact) mass is 319 g/mol. The van der Waals surface area contributed by atoms with Crippen LogP contribution in [0.5, 0.6) is 0 Å². The molecule has 0 aliphatic heterocycles. The summed E-state index contributed by atoms with van der Waals surface area (Å²) >= 11 is 0. The van der Waals surface area contributed by atoms with E-state index in [1.165, 1.54) is 0 Å². The summed E-state index contributed by atoms with van der Waals surface area (Å²) in [7, 11) is 0. The molecule has 126 valence electrons. The number of nitrogens with one attached hydrogen (secondary N) is 3. The highest BCUT2D eigenvalue weighted by Crippen LogP contribution is 2.11. The lowest BCUT2D eigenvalue weighted by atomic mass is 9.96. The minimum absolute atomic E-state index is 0.0829. The smallest absolute Gasteiger partial charge is 0.251 e. The molecule has 1 aromatic rings. The maximum Gasteiger partial charge on any atom is 0.251 e. The van der Waals surface area contributed by atoms with Gasteiger partial charge in [-0.25, -0.2) is 0 Å². The maximum atomic E-state index is 11.8. The van der Waals surface area contributed by atoms with Crippen molar-refractivity contribution in [1.82, 2.24) is 16.0 Å². The number of carbonyl (C=O) groups is 3. The van der Waals surface area contributed by atoms with Crippen molar-refractivity contribution in [2.45, 2.75) is 27.2 Å². The van der Waals surface area contributed by atoms with Crippen LogP contribution in [0, 0.1) is 5.41 Å². The van der Waals surface area contributed by atoms with E-state index in [2.05, 4.69) is 16.0 Å². The lowest BCUT2D eigenvalue weighted by Crippen LogP contribution is -2.38. The molecule has 0 saturated heterocycles. The highest BCUT2D eigenvalue weighted by molar-refractivity contribution is 5.94. The van der Waals surface area contributed by atoms with Crippen LogP contribution in [-0.2, 0) is 9.59 Å². The van der Waals surface area contributed by atoms with Crippen molar-refractivity contribution in [3.63, 3.8) is 0 Å². The van der Waals surface area contributed by atoms with Gasteiger partial charge in [-0.05, 0) is 12.1 Å². The highest BCUT2D eigenvalue weighted by Gasteiger charge is 2.20. The van der Waals surface area contributed by atoms with Gasteiger partial charge in [0.1, 0.15) is 0 Å². The summed E-state index contributed by atoms with van der Waals surface area (Å²) in [6, 6.07) is 8.89. The van der Waals surface area contributed by atoms with Gasteiger partial charge in [-0.3, -0.25) is 14.4 Å². The summed E-state index contributed by atoms with van der Waals surface area (Å²) in [5.41, 5.74) is 0.127. The van der Waals surface area contributed by atoms with Gasteiger partial charge in [0.05, 0.1) is 0 Å². The second-order valence-electron chi connectivity index (χ2n) is 6.23. The van der Waals surface area contributed by atoms with Gasteiger partial charge in [0.15, 0.2) is 0 Å². The van der Waals surface area contributed by atoms with Gasteiger partial charge >= 0.3 is 0 Å². The first-order valence-corrected chi connectivity index (χ1v) is 7.69. The van der Waals surface area contributed by atoms with E-state index in [0.717, 1.165) is 0 Å². The summed E-state index contributed by atoms with van der Waals surface area (Å²) in [6.07, 6.45) is 0.217. The van der Waals surface area contributed by atoms with Gasteiger partial charge < -0.3 is 16.0 Å². The maximum absolute atomic E-state index is 11.8. The number of rotatable bonds is 7. The number of hydrogen-bond donors (Lipinski definition) is 3. The average molecular weight is 319 g/mol. The molecule has 1 aromatic carbocycles. The van der Waals surface area contributed by atoms with Crippen LogP contribution in [0.2, 0.25) is 0 Å². The van der Waals surface area contributed by atoms with Gasteiger partial charge in [0, 0.05) is 37.0 Å². The summed E-state index contributed by atoms with van der Waals surface area (Å²) in [6.45, 7) is 6.46. The number of carbonyl (C=O) groups excluding carboxylic acids is 3. The predicted molar refractivity (Wildman–Crippen MR) is 88.9 cm³/mol. The van der Waals surface area contributed by atoms with E-state index in [0.29, 0.717) is 25.2 Å². The van der Waals surface area contributed by atoms with Gasteiger partial charge in [-0.2, -0.15) is 0 Å². The summed E-state index contributed by atoms with van der Waals surface area (Å²) < 4.78 is 0. The molecule has 1 rings (SSSR count). The van der Waals surface area contributed by atoms with Crippen molar-refractivity contribution in [2.75, 3.05) is 19.6 Å². The van der Waals surface area contributed by atoms with E-state index in [9.17, 15) is 14.4 Å². The largest absolute Gasteiger partial charge is 0.355 e. The minimum Gasteiger partial charge on any atom is -0.355 e. The Kier molecular flexibility index (Phi) is 7.25. The molecular formula is C17H25N3O3. The Hall–Kier alpha value is -2.37. The average Bonchev–Trinajstić information content (AvgIpc) is 2.51. The van der Waals surface area contributed by atoms with Crippen LogP contribution in [-0.4, -0.2) is 37.4 Å². The van der Waals surface area contributed by atoms with Crippen LogP contribution in [0.15, 0.2) is 30.3 Å². The van der Waals surface area contributed by atoms with E-state index in [4.69, 9.17) is 0 Å². The molecule has 0 spiro atoms. The third-order valence-electron chi connectivity index (χ3n) is 3.09. The summed E-state index contributed by atoms with van der Waals surface area (Å²) in [5, 5.41) is 8.14. The van der Waals surface area contributed by atoms with Crippen LogP contribution in [0.4, 0.5) is 0 Å². The lowest BCUT2D eigenvalue weighted by molar-refractivity contribution is -0.128. The number of benzene rings is 1. The fourth-order valence-electron chi connectivity index (χ4n) is 1.71. The molecule has 0 saturated carbocycles.